The SMILES string of the molecule is Cc1ccc(NS(=O)(=O)c2cc(C(C)(C)C)ccc2C)c(Cl)c1. The predicted molar refractivity (Wildman–Crippen MR) is 96.9 cm³/mol. The Morgan fingerprint density at radius 3 is 2.22 bits per heavy atom. The molecule has 0 bridgehead atoms. The van der Waals surface area contributed by atoms with Gasteiger partial charge < -0.3 is 0 Å². The maximum absolute atomic E-state index is 12.8. The van der Waals surface area contributed by atoms with E-state index < -0.39 is 10.0 Å². The maximum atomic E-state index is 12.8. The van der Waals surface area contributed by atoms with Gasteiger partial charge in [-0.1, -0.05) is 50.6 Å². The molecule has 0 unspecified atom stereocenters. The lowest BCUT2D eigenvalue weighted by atomic mass is 9.87. The Morgan fingerprint density at radius 2 is 1.65 bits per heavy atom. The number of anilines is 1. The summed E-state index contributed by atoms with van der Waals surface area (Å²) in [6.45, 7) is 9.86. The molecule has 1 N–H and O–H groups in total. The van der Waals surface area contributed by atoms with Gasteiger partial charge >= 0.3 is 0 Å². The van der Waals surface area contributed by atoms with E-state index >= 15 is 0 Å². The molecule has 0 amide bonds. The Bertz CT molecular complexity index is 837. The predicted octanol–water partition coefficient (Wildman–Crippen LogP) is 5.06. The Morgan fingerprint density at radius 1 is 1.00 bits per heavy atom. The van der Waals surface area contributed by atoms with Crippen molar-refractivity contribution in [2.75, 3.05) is 4.72 Å². The number of sulfonamides is 1. The van der Waals surface area contributed by atoms with Crippen molar-refractivity contribution in [2.24, 2.45) is 0 Å². The van der Waals surface area contributed by atoms with Crippen LogP contribution in [0.2, 0.25) is 5.02 Å². The Hall–Kier alpha value is -1.52. The van der Waals surface area contributed by atoms with Crippen LogP contribution in [0.15, 0.2) is 41.3 Å². The average molecular weight is 352 g/mol. The highest BCUT2D eigenvalue weighted by atomic mass is 35.5. The molecule has 124 valence electrons. The summed E-state index contributed by atoms with van der Waals surface area (Å²) in [5.41, 5.74) is 2.91. The van der Waals surface area contributed by atoms with Crippen LogP contribution in [-0.4, -0.2) is 8.42 Å². The zero-order valence-corrected chi connectivity index (χ0v) is 15.6. The van der Waals surface area contributed by atoms with Crippen LogP contribution in [0, 0.1) is 13.8 Å². The lowest BCUT2D eigenvalue weighted by Crippen LogP contribution is -2.17. The minimum Gasteiger partial charge on any atom is -0.278 e. The third kappa shape index (κ3) is 4.06. The van der Waals surface area contributed by atoms with Crippen molar-refractivity contribution in [2.45, 2.75) is 44.9 Å². The van der Waals surface area contributed by atoms with E-state index in [0.717, 1.165) is 11.1 Å². The highest BCUT2D eigenvalue weighted by molar-refractivity contribution is 7.92. The molecule has 5 heteroatoms. The van der Waals surface area contributed by atoms with Crippen molar-refractivity contribution in [1.29, 1.82) is 0 Å². The van der Waals surface area contributed by atoms with Gasteiger partial charge in [-0.05, 0) is 54.2 Å². The normalized spacial score (nSPS) is 12.3. The van der Waals surface area contributed by atoms with Gasteiger partial charge in [-0.15, -0.1) is 0 Å². The third-order valence-electron chi connectivity index (χ3n) is 3.71. The summed E-state index contributed by atoms with van der Waals surface area (Å²) in [4.78, 5) is 0.279. The van der Waals surface area contributed by atoms with E-state index in [0.29, 0.717) is 16.3 Å². The van der Waals surface area contributed by atoms with Gasteiger partial charge in [0.25, 0.3) is 10.0 Å². The van der Waals surface area contributed by atoms with Gasteiger partial charge in [0.2, 0.25) is 0 Å². The van der Waals surface area contributed by atoms with Crippen LogP contribution in [0.5, 0.6) is 0 Å². The largest absolute Gasteiger partial charge is 0.278 e. The van der Waals surface area contributed by atoms with Crippen molar-refractivity contribution in [3.63, 3.8) is 0 Å². The zero-order chi connectivity index (χ0) is 17.4. The molecule has 0 spiro atoms. The second-order valence-corrected chi connectivity index (χ2v) is 8.88. The molecule has 0 aliphatic carbocycles. The number of halogens is 1. The standard InChI is InChI=1S/C18H22ClNO2S/c1-12-6-9-16(15(19)10-12)20-23(21,22)17-11-14(18(3,4)5)8-7-13(17)2/h6-11,20H,1-5H3. The van der Waals surface area contributed by atoms with E-state index in [1.807, 2.05) is 25.1 Å². The van der Waals surface area contributed by atoms with E-state index in [2.05, 4.69) is 25.5 Å². The molecular weight excluding hydrogens is 330 g/mol. The fourth-order valence-corrected chi connectivity index (χ4v) is 3.95. The van der Waals surface area contributed by atoms with Crippen molar-refractivity contribution in [3.8, 4) is 0 Å². The lowest BCUT2D eigenvalue weighted by molar-refractivity contribution is 0.584. The maximum Gasteiger partial charge on any atom is 0.262 e. The highest BCUT2D eigenvalue weighted by Crippen LogP contribution is 2.29. The van der Waals surface area contributed by atoms with Crippen molar-refractivity contribution >= 4 is 27.3 Å². The summed E-state index contributed by atoms with van der Waals surface area (Å²) < 4.78 is 28.1. The molecule has 0 aromatic heterocycles. The summed E-state index contributed by atoms with van der Waals surface area (Å²) >= 11 is 6.14. The Kier molecular flexibility index (Phi) is 4.79. The Labute approximate surface area is 143 Å². The van der Waals surface area contributed by atoms with Gasteiger partial charge in [-0.25, -0.2) is 8.42 Å². The first-order valence-corrected chi connectivity index (χ1v) is 9.27. The minimum atomic E-state index is -3.70. The number of nitrogens with one attached hydrogen (secondary N) is 1. The lowest BCUT2D eigenvalue weighted by Gasteiger charge is -2.21. The van der Waals surface area contributed by atoms with Crippen molar-refractivity contribution in [3.05, 3.63) is 58.1 Å². The first-order chi connectivity index (χ1) is 10.5. The van der Waals surface area contributed by atoms with Gasteiger partial charge in [0.05, 0.1) is 15.6 Å². The molecule has 0 fully saturated rings. The van der Waals surface area contributed by atoms with Crippen LogP contribution in [0.4, 0.5) is 5.69 Å². The summed E-state index contributed by atoms with van der Waals surface area (Å²) in [5, 5.41) is 0.387. The number of hydrogen-bond donors (Lipinski definition) is 1. The first-order valence-electron chi connectivity index (χ1n) is 7.41. The topological polar surface area (TPSA) is 46.2 Å². The van der Waals surface area contributed by atoms with Crippen LogP contribution in [-0.2, 0) is 15.4 Å². The second-order valence-electron chi connectivity index (χ2n) is 6.82. The van der Waals surface area contributed by atoms with E-state index in [4.69, 9.17) is 11.6 Å². The van der Waals surface area contributed by atoms with E-state index in [1.54, 1.807) is 25.1 Å². The summed E-state index contributed by atoms with van der Waals surface area (Å²) in [5.74, 6) is 0. The van der Waals surface area contributed by atoms with Crippen molar-refractivity contribution in [1.82, 2.24) is 0 Å². The van der Waals surface area contributed by atoms with Gasteiger partial charge in [-0.3, -0.25) is 4.72 Å². The average Bonchev–Trinajstić information content (AvgIpc) is 2.41. The van der Waals surface area contributed by atoms with Crippen LogP contribution >= 0.6 is 11.6 Å². The third-order valence-corrected chi connectivity index (χ3v) is 5.53. The summed E-state index contributed by atoms with van der Waals surface area (Å²) in [7, 11) is -3.70. The first kappa shape index (κ1) is 17.8. The molecule has 0 saturated carbocycles. The minimum absolute atomic E-state index is 0.126. The van der Waals surface area contributed by atoms with E-state index in [-0.39, 0.29) is 10.3 Å². The smallest absolute Gasteiger partial charge is 0.262 e. The molecule has 0 heterocycles. The van der Waals surface area contributed by atoms with Crippen LogP contribution in [0.3, 0.4) is 0 Å². The zero-order valence-electron chi connectivity index (χ0n) is 14.1. The fraction of sp³-hybridized carbons (Fsp3) is 0.333. The molecule has 2 aromatic rings. The van der Waals surface area contributed by atoms with Crippen molar-refractivity contribution < 1.29 is 8.42 Å². The Balaban J connectivity index is 2.47. The van der Waals surface area contributed by atoms with Crippen LogP contribution in [0.25, 0.3) is 0 Å². The molecule has 3 nitrogen and oxygen atoms in total. The number of hydrogen-bond acceptors (Lipinski definition) is 2. The molecule has 0 aliphatic rings. The molecule has 0 radical (unpaired) electrons. The summed E-state index contributed by atoms with van der Waals surface area (Å²) in [6.07, 6.45) is 0. The molecule has 2 aromatic carbocycles. The molecule has 23 heavy (non-hydrogen) atoms. The number of aryl methyl sites for hydroxylation is 2. The number of rotatable bonds is 3. The second kappa shape index (κ2) is 6.17. The molecule has 2 rings (SSSR count). The molecule has 0 saturated heterocycles. The molecule has 0 atom stereocenters. The van der Waals surface area contributed by atoms with Gasteiger partial charge in [0.15, 0.2) is 0 Å². The van der Waals surface area contributed by atoms with Gasteiger partial charge in [0.1, 0.15) is 0 Å². The van der Waals surface area contributed by atoms with E-state index in [1.165, 1.54) is 0 Å². The van der Waals surface area contributed by atoms with Gasteiger partial charge in [-0.2, -0.15) is 0 Å². The van der Waals surface area contributed by atoms with E-state index in [9.17, 15) is 8.42 Å². The molecular formula is C18H22ClNO2S. The quantitative estimate of drug-likeness (QED) is 0.840. The number of benzene rings is 2. The highest BCUT2D eigenvalue weighted by Gasteiger charge is 2.22. The van der Waals surface area contributed by atoms with Crippen LogP contribution < -0.4 is 4.72 Å². The van der Waals surface area contributed by atoms with Crippen LogP contribution in [0.1, 0.15) is 37.5 Å². The monoisotopic (exact) mass is 351 g/mol. The van der Waals surface area contributed by atoms with Gasteiger partial charge in [0, 0.05) is 0 Å². The fourth-order valence-electron chi connectivity index (χ4n) is 2.26. The summed E-state index contributed by atoms with van der Waals surface area (Å²) in [6, 6.07) is 10.8. The molecule has 0 aliphatic heterocycles.